The van der Waals surface area contributed by atoms with Gasteiger partial charge in [0.25, 0.3) is 0 Å². The van der Waals surface area contributed by atoms with Gasteiger partial charge in [0.1, 0.15) is 10.8 Å². The molecule has 2 rings (SSSR count). The van der Waals surface area contributed by atoms with Gasteiger partial charge in [0.2, 0.25) is 0 Å². The molecule has 0 atom stereocenters. The van der Waals surface area contributed by atoms with Crippen LogP contribution in [-0.2, 0) is 22.0 Å². The van der Waals surface area contributed by atoms with Crippen molar-refractivity contribution < 1.29 is 8.42 Å². The molecule has 0 aromatic carbocycles. The molecule has 0 spiro atoms. The molecule has 0 unspecified atom stereocenters. The Bertz CT molecular complexity index is 537. The van der Waals surface area contributed by atoms with Gasteiger partial charge in [-0.15, -0.1) is 11.3 Å². The van der Waals surface area contributed by atoms with Gasteiger partial charge in [0, 0.05) is 11.1 Å². The van der Waals surface area contributed by atoms with E-state index in [0.29, 0.717) is 11.4 Å². The summed E-state index contributed by atoms with van der Waals surface area (Å²) < 4.78 is 24.4. The zero-order chi connectivity index (χ0) is 13.0. The van der Waals surface area contributed by atoms with Crippen molar-refractivity contribution in [3.63, 3.8) is 0 Å². The molecule has 1 saturated carbocycles. The second kappa shape index (κ2) is 5.81. The van der Waals surface area contributed by atoms with E-state index in [9.17, 15) is 8.42 Å². The summed E-state index contributed by atoms with van der Waals surface area (Å²) in [5.74, 6) is 0.0355. The minimum Gasteiger partial charge on any atom is -0.248 e. The summed E-state index contributed by atoms with van der Waals surface area (Å²) in [5.41, 5.74) is 0. The van der Waals surface area contributed by atoms with E-state index in [1.54, 1.807) is 6.20 Å². The highest BCUT2D eigenvalue weighted by molar-refractivity contribution is 7.91. The molecule has 1 heterocycles. The van der Waals surface area contributed by atoms with E-state index in [0.717, 1.165) is 37.0 Å². The molecule has 0 aliphatic heterocycles. The first kappa shape index (κ1) is 13.5. The molecule has 18 heavy (non-hydrogen) atoms. The van der Waals surface area contributed by atoms with Crippen LogP contribution >= 0.6 is 11.3 Å². The van der Waals surface area contributed by atoms with Crippen molar-refractivity contribution in [3.05, 3.63) is 16.1 Å². The fourth-order valence-corrected chi connectivity index (χ4v) is 5.37. The predicted molar refractivity (Wildman–Crippen MR) is 70.9 cm³/mol. The number of nitrogens with zero attached hydrogens (tertiary/aromatic N) is 2. The van der Waals surface area contributed by atoms with Crippen LogP contribution in [0.4, 0.5) is 0 Å². The number of aromatic nitrogens is 1. The molecular formula is C12H16N2O2S2. The summed E-state index contributed by atoms with van der Waals surface area (Å²) in [7, 11) is -3.07. The number of nitriles is 1. The van der Waals surface area contributed by atoms with E-state index in [-0.39, 0.29) is 11.0 Å². The molecule has 0 bridgehead atoms. The second-order valence-electron chi connectivity index (χ2n) is 4.62. The van der Waals surface area contributed by atoms with Gasteiger partial charge in [0.15, 0.2) is 9.84 Å². The Hall–Kier alpha value is -0.930. The summed E-state index contributed by atoms with van der Waals surface area (Å²) in [4.78, 5) is 4.94. The van der Waals surface area contributed by atoms with Gasteiger partial charge >= 0.3 is 0 Å². The maximum atomic E-state index is 12.2. The van der Waals surface area contributed by atoms with Gasteiger partial charge in [-0.05, 0) is 12.8 Å². The van der Waals surface area contributed by atoms with Crippen molar-refractivity contribution in [2.45, 2.75) is 49.5 Å². The van der Waals surface area contributed by atoms with Crippen LogP contribution < -0.4 is 0 Å². The lowest BCUT2D eigenvalue weighted by atomic mass is 10.0. The van der Waals surface area contributed by atoms with Crippen molar-refractivity contribution in [2.75, 3.05) is 0 Å². The third-order valence-electron chi connectivity index (χ3n) is 3.24. The molecule has 4 nitrogen and oxygen atoms in total. The standard InChI is InChI=1S/C12H16N2O2S2/c13-7-6-10-8-14-12(17-10)9-18(15,16)11-4-2-1-3-5-11/h8,11H,1-6,9H2. The van der Waals surface area contributed by atoms with Gasteiger partial charge in [-0.1, -0.05) is 19.3 Å². The number of hydrogen-bond donors (Lipinski definition) is 0. The average Bonchev–Trinajstić information content (AvgIpc) is 2.77. The van der Waals surface area contributed by atoms with Crippen LogP contribution in [0.5, 0.6) is 0 Å². The van der Waals surface area contributed by atoms with Gasteiger partial charge in [-0.25, -0.2) is 13.4 Å². The highest BCUT2D eigenvalue weighted by atomic mass is 32.2. The highest BCUT2D eigenvalue weighted by Crippen LogP contribution is 2.27. The largest absolute Gasteiger partial charge is 0.248 e. The molecule has 1 aliphatic carbocycles. The molecule has 0 saturated heterocycles. The predicted octanol–water partition coefficient (Wildman–Crippen LogP) is 2.46. The molecule has 1 aromatic rings. The smallest absolute Gasteiger partial charge is 0.159 e. The normalized spacial score (nSPS) is 17.5. The van der Waals surface area contributed by atoms with Gasteiger partial charge in [0.05, 0.1) is 17.7 Å². The van der Waals surface area contributed by atoms with Crippen LogP contribution in [0.25, 0.3) is 0 Å². The maximum absolute atomic E-state index is 12.2. The molecule has 0 radical (unpaired) electrons. The number of sulfone groups is 1. The fraction of sp³-hybridized carbons (Fsp3) is 0.667. The van der Waals surface area contributed by atoms with Crippen molar-refractivity contribution in [1.29, 1.82) is 5.26 Å². The zero-order valence-electron chi connectivity index (χ0n) is 10.1. The summed E-state index contributed by atoms with van der Waals surface area (Å²) in [6, 6.07) is 2.04. The lowest BCUT2D eigenvalue weighted by Gasteiger charge is -2.21. The van der Waals surface area contributed by atoms with Gasteiger partial charge in [-0.2, -0.15) is 5.26 Å². The zero-order valence-corrected chi connectivity index (χ0v) is 11.8. The molecular weight excluding hydrogens is 268 g/mol. The molecule has 6 heteroatoms. The quantitative estimate of drug-likeness (QED) is 0.851. The Labute approximate surface area is 112 Å². The molecule has 0 N–H and O–H groups in total. The Morgan fingerprint density at radius 2 is 2.11 bits per heavy atom. The van der Waals surface area contributed by atoms with E-state index >= 15 is 0 Å². The molecule has 1 fully saturated rings. The van der Waals surface area contributed by atoms with Crippen LogP contribution in [0, 0.1) is 11.3 Å². The van der Waals surface area contributed by atoms with Crippen LogP contribution in [0.2, 0.25) is 0 Å². The summed E-state index contributed by atoms with van der Waals surface area (Å²) in [6.07, 6.45) is 6.68. The van der Waals surface area contributed by atoms with E-state index in [2.05, 4.69) is 4.98 Å². The van der Waals surface area contributed by atoms with Gasteiger partial charge < -0.3 is 0 Å². The van der Waals surface area contributed by atoms with Crippen molar-refractivity contribution >= 4 is 21.2 Å². The topological polar surface area (TPSA) is 70.8 Å². The van der Waals surface area contributed by atoms with E-state index in [1.807, 2.05) is 6.07 Å². The first-order chi connectivity index (χ1) is 8.62. The lowest BCUT2D eigenvalue weighted by Crippen LogP contribution is -2.25. The second-order valence-corrected chi connectivity index (χ2v) is 8.10. The molecule has 1 aromatic heterocycles. The number of thiazole rings is 1. The number of rotatable bonds is 4. The summed E-state index contributed by atoms with van der Waals surface area (Å²) in [5, 5.41) is 9.01. The highest BCUT2D eigenvalue weighted by Gasteiger charge is 2.28. The first-order valence-electron chi connectivity index (χ1n) is 6.14. The first-order valence-corrected chi connectivity index (χ1v) is 8.67. The van der Waals surface area contributed by atoms with Gasteiger partial charge in [-0.3, -0.25) is 0 Å². The maximum Gasteiger partial charge on any atom is 0.159 e. The average molecular weight is 284 g/mol. The monoisotopic (exact) mass is 284 g/mol. The van der Waals surface area contributed by atoms with E-state index < -0.39 is 9.84 Å². The molecule has 1 aliphatic rings. The van der Waals surface area contributed by atoms with Crippen LogP contribution in [0.1, 0.15) is 42.0 Å². The Morgan fingerprint density at radius 1 is 1.39 bits per heavy atom. The summed E-state index contributed by atoms with van der Waals surface area (Å²) >= 11 is 1.34. The van der Waals surface area contributed by atoms with E-state index in [1.165, 1.54) is 11.3 Å². The Morgan fingerprint density at radius 3 is 2.78 bits per heavy atom. The lowest BCUT2D eigenvalue weighted by molar-refractivity contribution is 0.483. The summed E-state index contributed by atoms with van der Waals surface area (Å²) in [6.45, 7) is 0. The van der Waals surface area contributed by atoms with Crippen molar-refractivity contribution in [3.8, 4) is 6.07 Å². The van der Waals surface area contributed by atoms with Crippen LogP contribution in [-0.4, -0.2) is 18.7 Å². The fourth-order valence-electron chi connectivity index (χ4n) is 2.29. The Balaban J connectivity index is 2.04. The van der Waals surface area contributed by atoms with Crippen LogP contribution in [0.15, 0.2) is 6.20 Å². The third-order valence-corrected chi connectivity index (χ3v) is 6.58. The SMILES string of the molecule is N#CCc1cnc(CS(=O)(=O)C2CCCCC2)s1. The number of hydrogen-bond acceptors (Lipinski definition) is 5. The van der Waals surface area contributed by atoms with Crippen molar-refractivity contribution in [2.24, 2.45) is 0 Å². The van der Waals surface area contributed by atoms with E-state index in [4.69, 9.17) is 5.26 Å². The third kappa shape index (κ3) is 3.30. The minimum atomic E-state index is -3.07. The minimum absolute atomic E-state index is 0.0355. The molecule has 0 amide bonds. The Kier molecular flexibility index (Phi) is 4.36. The van der Waals surface area contributed by atoms with Crippen molar-refractivity contribution in [1.82, 2.24) is 4.98 Å². The molecule has 98 valence electrons. The van der Waals surface area contributed by atoms with Crippen LogP contribution in [0.3, 0.4) is 0 Å².